The molecule has 0 aliphatic carbocycles. The Labute approximate surface area is 103 Å². The van der Waals surface area contributed by atoms with Crippen molar-refractivity contribution in [3.63, 3.8) is 0 Å². The van der Waals surface area contributed by atoms with Gasteiger partial charge in [0.25, 0.3) is 0 Å². The van der Waals surface area contributed by atoms with Gasteiger partial charge in [0.05, 0.1) is 17.1 Å². The van der Waals surface area contributed by atoms with Crippen molar-refractivity contribution in [2.75, 3.05) is 0 Å². The summed E-state index contributed by atoms with van der Waals surface area (Å²) >= 11 is 0. The van der Waals surface area contributed by atoms with Crippen LogP contribution in [0.25, 0.3) is 11.0 Å². The van der Waals surface area contributed by atoms with Gasteiger partial charge in [-0.3, -0.25) is 0 Å². The molecule has 0 amide bonds. The Kier molecular flexibility index (Phi) is 2.34. The molecule has 0 saturated carbocycles. The number of aryl methyl sites for hydroxylation is 1. The number of fused-ring (bicyclic) bond motifs is 1. The lowest BCUT2D eigenvalue weighted by Crippen LogP contribution is -2.10. The fraction of sp³-hybridized carbons (Fsp3) is 0.154. The molecule has 5 heteroatoms. The number of H-pyrrole nitrogens is 2. The molecule has 3 aromatic rings. The first-order valence-electron chi connectivity index (χ1n) is 5.67. The number of aromatic amines is 2. The summed E-state index contributed by atoms with van der Waals surface area (Å²) < 4.78 is 5.51. The van der Waals surface area contributed by atoms with Gasteiger partial charge >= 0.3 is 5.69 Å². The molecule has 2 heterocycles. The third-order valence-electron chi connectivity index (χ3n) is 2.97. The Hall–Kier alpha value is -2.27. The summed E-state index contributed by atoms with van der Waals surface area (Å²) in [5.41, 5.74) is 8.33. The average molecular weight is 243 g/mol. The highest BCUT2D eigenvalue weighted by Crippen LogP contribution is 2.23. The van der Waals surface area contributed by atoms with Gasteiger partial charge in [0, 0.05) is 0 Å². The van der Waals surface area contributed by atoms with Crippen LogP contribution in [-0.2, 0) is 0 Å². The molecule has 2 aromatic heterocycles. The normalized spacial score (nSPS) is 13.0. The summed E-state index contributed by atoms with van der Waals surface area (Å²) in [6, 6.07) is 8.99. The van der Waals surface area contributed by atoms with E-state index >= 15 is 0 Å². The number of furan rings is 1. The maximum Gasteiger partial charge on any atom is 0.323 e. The van der Waals surface area contributed by atoms with Gasteiger partial charge < -0.3 is 20.1 Å². The van der Waals surface area contributed by atoms with Crippen LogP contribution in [0.15, 0.2) is 39.5 Å². The smallest absolute Gasteiger partial charge is 0.323 e. The maximum absolute atomic E-state index is 11.2. The summed E-state index contributed by atoms with van der Waals surface area (Å²) in [7, 11) is 0. The van der Waals surface area contributed by atoms with Crippen LogP contribution in [0.3, 0.4) is 0 Å². The van der Waals surface area contributed by atoms with Crippen molar-refractivity contribution in [2.45, 2.75) is 13.0 Å². The second kappa shape index (κ2) is 3.89. The van der Waals surface area contributed by atoms with Gasteiger partial charge in [0.15, 0.2) is 0 Å². The highest BCUT2D eigenvalue weighted by atomic mass is 16.3. The van der Waals surface area contributed by atoms with Gasteiger partial charge in [-0.15, -0.1) is 0 Å². The second-order valence-corrected chi connectivity index (χ2v) is 4.31. The molecule has 5 nitrogen and oxygen atoms in total. The van der Waals surface area contributed by atoms with E-state index in [0.717, 1.165) is 22.4 Å². The van der Waals surface area contributed by atoms with E-state index in [0.29, 0.717) is 5.76 Å². The molecule has 0 aliphatic heterocycles. The van der Waals surface area contributed by atoms with Crippen LogP contribution in [-0.4, -0.2) is 9.97 Å². The van der Waals surface area contributed by atoms with Crippen LogP contribution in [0.1, 0.15) is 23.1 Å². The summed E-state index contributed by atoms with van der Waals surface area (Å²) in [6.07, 6.45) is 0. The molecule has 0 spiro atoms. The number of nitrogens with one attached hydrogen (secondary N) is 2. The monoisotopic (exact) mass is 243 g/mol. The van der Waals surface area contributed by atoms with Gasteiger partial charge in [-0.05, 0) is 36.8 Å². The Bertz CT molecular complexity index is 751. The predicted octanol–water partition coefficient (Wildman–Crippen LogP) is 1.81. The molecule has 1 aromatic carbocycles. The van der Waals surface area contributed by atoms with Crippen molar-refractivity contribution >= 4 is 11.0 Å². The number of hydrogen-bond donors (Lipinski definition) is 3. The molecule has 0 aliphatic rings. The first kappa shape index (κ1) is 10.9. The van der Waals surface area contributed by atoms with Gasteiger partial charge in [-0.25, -0.2) is 4.79 Å². The third-order valence-corrected chi connectivity index (χ3v) is 2.97. The topological polar surface area (TPSA) is 87.8 Å². The van der Waals surface area contributed by atoms with E-state index in [1.165, 1.54) is 0 Å². The van der Waals surface area contributed by atoms with E-state index in [1.807, 2.05) is 37.3 Å². The zero-order valence-corrected chi connectivity index (χ0v) is 9.86. The Morgan fingerprint density at radius 2 is 1.94 bits per heavy atom. The first-order valence-corrected chi connectivity index (χ1v) is 5.67. The number of benzene rings is 1. The fourth-order valence-corrected chi connectivity index (χ4v) is 2.03. The predicted molar refractivity (Wildman–Crippen MR) is 68.4 cm³/mol. The van der Waals surface area contributed by atoms with Crippen molar-refractivity contribution in [3.05, 3.63) is 57.9 Å². The van der Waals surface area contributed by atoms with Crippen LogP contribution < -0.4 is 11.4 Å². The molecule has 18 heavy (non-hydrogen) atoms. The van der Waals surface area contributed by atoms with Crippen LogP contribution in [0.4, 0.5) is 0 Å². The van der Waals surface area contributed by atoms with E-state index in [-0.39, 0.29) is 11.7 Å². The summed E-state index contributed by atoms with van der Waals surface area (Å²) in [5.74, 6) is 1.54. The number of hydrogen-bond acceptors (Lipinski definition) is 3. The first-order chi connectivity index (χ1) is 8.63. The van der Waals surface area contributed by atoms with Crippen LogP contribution >= 0.6 is 0 Å². The largest absolute Gasteiger partial charge is 0.464 e. The van der Waals surface area contributed by atoms with E-state index in [1.54, 1.807) is 0 Å². The molecule has 0 fully saturated rings. The minimum absolute atomic E-state index is 0.218. The van der Waals surface area contributed by atoms with Crippen molar-refractivity contribution in [2.24, 2.45) is 5.73 Å². The fourth-order valence-electron chi connectivity index (χ4n) is 2.03. The van der Waals surface area contributed by atoms with Crippen molar-refractivity contribution in [1.29, 1.82) is 0 Å². The van der Waals surface area contributed by atoms with Crippen molar-refractivity contribution < 1.29 is 4.42 Å². The lowest BCUT2D eigenvalue weighted by molar-refractivity contribution is 0.466. The SMILES string of the molecule is Cc1ccc(C(N)c2ccc3[nH]c(=O)[nH]c3c2)o1. The number of nitrogens with two attached hydrogens (primary N) is 1. The van der Waals surface area contributed by atoms with Crippen LogP contribution in [0.2, 0.25) is 0 Å². The second-order valence-electron chi connectivity index (χ2n) is 4.31. The Morgan fingerprint density at radius 1 is 1.17 bits per heavy atom. The summed E-state index contributed by atoms with van der Waals surface area (Å²) in [5, 5.41) is 0. The van der Waals surface area contributed by atoms with Crippen LogP contribution in [0, 0.1) is 6.92 Å². The Morgan fingerprint density at radius 3 is 2.67 bits per heavy atom. The molecule has 3 rings (SSSR count). The van der Waals surface area contributed by atoms with Crippen molar-refractivity contribution in [1.82, 2.24) is 9.97 Å². The number of aromatic nitrogens is 2. The molecule has 92 valence electrons. The zero-order chi connectivity index (χ0) is 12.7. The molecule has 1 atom stereocenters. The lowest BCUT2D eigenvalue weighted by atomic mass is 10.1. The van der Waals surface area contributed by atoms with Gasteiger partial charge in [0.1, 0.15) is 11.5 Å². The molecule has 0 radical (unpaired) electrons. The minimum Gasteiger partial charge on any atom is -0.464 e. The highest BCUT2D eigenvalue weighted by Gasteiger charge is 2.13. The zero-order valence-electron chi connectivity index (χ0n) is 9.86. The average Bonchev–Trinajstić information content (AvgIpc) is 2.92. The molecule has 1 unspecified atom stereocenters. The van der Waals surface area contributed by atoms with E-state index in [2.05, 4.69) is 9.97 Å². The lowest BCUT2D eigenvalue weighted by Gasteiger charge is -2.09. The quantitative estimate of drug-likeness (QED) is 0.641. The van der Waals surface area contributed by atoms with E-state index in [9.17, 15) is 4.79 Å². The van der Waals surface area contributed by atoms with Gasteiger partial charge in [0.2, 0.25) is 0 Å². The van der Waals surface area contributed by atoms with Gasteiger partial charge in [-0.2, -0.15) is 0 Å². The number of imidazole rings is 1. The summed E-state index contributed by atoms with van der Waals surface area (Å²) in [4.78, 5) is 16.6. The summed E-state index contributed by atoms with van der Waals surface area (Å²) in [6.45, 7) is 1.88. The minimum atomic E-state index is -0.332. The molecule has 0 bridgehead atoms. The van der Waals surface area contributed by atoms with Crippen LogP contribution in [0.5, 0.6) is 0 Å². The maximum atomic E-state index is 11.2. The van der Waals surface area contributed by atoms with E-state index < -0.39 is 0 Å². The van der Waals surface area contributed by atoms with E-state index in [4.69, 9.17) is 10.2 Å². The highest BCUT2D eigenvalue weighted by molar-refractivity contribution is 5.75. The van der Waals surface area contributed by atoms with Crippen molar-refractivity contribution in [3.8, 4) is 0 Å². The molecular formula is C13H13N3O2. The number of rotatable bonds is 2. The third kappa shape index (κ3) is 1.74. The molecular weight excluding hydrogens is 230 g/mol. The molecule has 4 N–H and O–H groups in total. The molecule has 0 saturated heterocycles. The van der Waals surface area contributed by atoms with Gasteiger partial charge in [-0.1, -0.05) is 6.07 Å². The standard InChI is InChI=1S/C13H13N3O2/c1-7-2-5-11(18-7)12(14)8-3-4-9-10(6-8)16-13(17)15-9/h2-6,12H,14H2,1H3,(H2,15,16,17). The Balaban J connectivity index is 2.05.